The van der Waals surface area contributed by atoms with E-state index in [0.717, 1.165) is 41.5 Å². The zero-order chi connectivity index (χ0) is 21.6. The summed E-state index contributed by atoms with van der Waals surface area (Å²) in [5.74, 6) is -1.14. The standard InChI is InChI=1S/C24H28N2O4/c1-3-4-5-10-15-24(2,22(27)28)26-25-23(29)30-16-21-19-13-8-6-11-17(19)18-12-7-9-14-20(18)21/h6-15,21,26H,3-5,16H2,1-2H3,(H,25,29)(H,27,28)/t24-/m0/s1. The lowest BCUT2D eigenvalue weighted by atomic mass is 9.98. The van der Waals surface area contributed by atoms with Crippen LogP contribution < -0.4 is 10.9 Å². The maximum Gasteiger partial charge on any atom is 0.421 e. The van der Waals surface area contributed by atoms with E-state index in [-0.39, 0.29) is 12.5 Å². The largest absolute Gasteiger partial charge is 0.480 e. The van der Waals surface area contributed by atoms with Crippen LogP contribution in [0.15, 0.2) is 60.7 Å². The van der Waals surface area contributed by atoms with E-state index in [1.807, 2.05) is 42.5 Å². The van der Waals surface area contributed by atoms with Gasteiger partial charge >= 0.3 is 12.1 Å². The number of ether oxygens (including phenoxy) is 1. The van der Waals surface area contributed by atoms with Crippen LogP contribution in [0.3, 0.4) is 0 Å². The molecule has 0 aromatic heterocycles. The predicted molar refractivity (Wildman–Crippen MR) is 116 cm³/mol. The maximum atomic E-state index is 12.3. The lowest BCUT2D eigenvalue weighted by Gasteiger charge is -2.23. The molecule has 0 aliphatic heterocycles. The third kappa shape index (κ3) is 4.71. The molecular formula is C24H28N2O4. The predicted octanol–water partition coefficient (Wildman–Crippen LogP) is 4.62. The van der Waals surface area contributed by atoms with Gasteiger partial charge in [-0.1, -0.05) is 80.4 Å². The number of carbonyl (C=O) groups excluding carboxylic acids is 1. The fourth-order valence-electron chi connectivity index (χ4n) is 3.62. The summed E-state index contributed by atoms with van der Waals surface area (Å²) in [7, 11) is 0. The van der Waals surface area contributed by atoms with Crippen molar-refractivity contribution in [1.29, 1.82) is 0 Å². The summed E-state index contributed by atoms with van der Waals surface area (Å²) in [5.41, 5.74) is 8.07. The molecule has 0 unspecified atom stereocenters. The number of carboxylic acids is 1. The van der Waals surface area contributed by atoms with Gasteiger partial charge in [-0.05, 0) is 35.6 Å². The first kappa shape index (κ1) is 21.6. The highest BCUT2D eigenvalue weighted by atomic mass is 16.6. The van der Waals surface area contributed by atoms with Crippen molar-refractivity contribution in [2.45, 2.75) is 44.6 Å². The fourth-order valence-corrected chi connectivity index (χ4v) is 3.62. The van der Waals surface area contributed by atoms with Gasteiger partial charge in [0.05, 0.1) is 0 Å². The first-order chi connectivity index (χ1) is 14.5. The monoisotopic (exact) mass is 408 g/mol. The van der Waals surface area contributed by atoms with Crippen molar-refractivity contribution in [2.24, 2.45) is 0 Å². The maximum absolute atomic E-state index is 12.3. The van der Waals surface area contributed by atoms with Crippen molar-refractivity contribution in [1.82, 2.24) is 10.9 Å². The van der Waals surface area contributed by atoms with E-state index >= 15 is 0 Å². The van der Waals surface area contributed by atoms with Gasteiger partial charge in [0.15, 0.2) is 0 Å². The van der Waals surface area contributed by atoms with Crippen LogP contribution in [0.2, 0.25) is 0 Å². The number of carbonyl (C=O) groups is 2. The topological polar surface area (TPSA) is 87.7 Å². The van der Waals surface area contributed by atoms with E-state index in [0.29, 0.717) is 0 Å². The van der Waals surface area contributed by atoms with Crippen molar-refractivity contribution in [2.75, 3.05) is 6.61 Å². The Hall–Kier alpha value is -3.12. The molecule has 2 aromatic carbocycles. The Labute approximate surface area is 176 Å². The second-order valence-corrected chi connectivity index (χ2v) is 7.63. The highest BCUT2D eigenvalue weighted by Crippen LogP contribution is 2.44. The zero-order valence-electron chi connectivity index (χ0n) is 17.4. The molecule has 30 heavy (non-hydrogen) atoms. The lowest BCUT2D eigenvalue weighted by molar-refractivity contribution is -0.142. The minimum atomic E-state index is -1.42. The number of hydrazine groups is 1. The molecule has 1 aliphatic carbocycles. The van der Waals surface area contributed by atoms with Crippen molar-refractivity contribution < 1.29 is 19.4 Å². The molecule has 6 nitrogen and oxygen atoms in total. The van der Waals surface area contributed by atoms with E-state index in [4.69, 9.17) is 4.74 Å². The van der Waals surface area contributed by atoms with Gasteiger partial charge in [-0.2, -0.15) is 0 Å². The van der Waals surface area contributed by atoms with Crippen LogP contribution in [0.4, 0.5) is 4.79 Å². The van der Waals surface area contributed by atoms with Crippen LogP contribution in [-0.2, 0) is 9.53 Å². The van der Waals surface area contributed by atoms with Gasteiger partial charge in [0.1, 0.15) is 12.1 Å². The summed E-state index contributed by atoms with van der Waals surface area (Å²) in [6.07, 6.45) is 5.43. The number of rotatable bonds is 9. The van der Waals surface area contributed by atoms with Gasteiger partial charge in [-0.3, -0.25) is 5.43 Å². The quantitative estimate of drug-likeness (QED) is 0.320. The number of benzene rings is 2. The molecule has 0 saturated heterocycles. The number of amides is 1. The Kier molecular flexibility index (Phi) is 6.90. The molecule has 0 heterocycles. The highest BCUT2D eigenvalue weighted by Gasteiger charge is 2.32. The van der Waals surface area contributed by atoms with Crippen LogP contribution in [0.5, 0.6) is 0 Å². The van der Waals surface area contributed by atoms with Crippen LogP contribution in [0, 0.1) is 0 Å². The SMILES string of the molecule is CCCCC=C[C@](C)(NNC(=O)OCC1c2ccccc2-c2ccccc21)C(=O)O. The number of nitrogens with one attached hydrogen (secondary N) is 2. The fraction of sp³-hybridized carbons (Fsp3) is 0.333. The van der Waals surface area contributed by atoms with Crippen molar-refractivity contribution >= 4 is 12.1 Å². The highest BCUT2D eigenvalue weighted by molar-refractivity contribution is 5.81. The molecule has 6 heteroatoms. The second-order valence-electron chi connectivity index (χ2n) is 7.63. The summed E-state index contributed by atoms with van der Waals surface area (Å²) >= 11 is 0. The summed E-state index contributed by atoms with van der Waals surface area (Å²) in [4.78, 5) is 23.9. The minimum Gasteiger partial charge on any atom is -0.480 e. The number of carboxylic acid groups (broad SMARTS) is 1. The van der Waals surface area contributed by atoms with Gasteiger partial charge in [-0.25, -0.2) is 15.0 Å². The van der Waals surface area contributed by atoms with Gasteiger partial charge in [0.2, 0.25) is 0 Å². The van der Waals surface area contributed by atoms with Crippen LogP contribution in [0.1, 0.15) is 50.2 Å². The molecule has 0 spiro atoms. The Morgan fingerprint density at radius 2 is 1.70 bits per heavy atom. The number of hydrogen-bond donors (Lipinski definition) is 3. The summed E-state index contributed by atoms with van der Waals surface area (Å²) in [5, 5.41) is 9.52. The molecule has 0 fully saturated rings. The van der Waals surface area contributed by atoms with Gasteiger partial charge < -0.3 is 9.84 Å². The average Bonchev–Trinajstić information content (AvgIpc) is 3.07. The average molecular weight is 408 g/mol. The lowest BCUT2D eigenvalue weighted by Crippen LogP contribution is -2.56. The number of unbranched alkanes of at least 4 members (excludes halogenated alkanes) is 2. The summed E-state index contributed by atoms with van der Waals surface area (Å²) in [6.45, 7) is 3.72. The number of allylic oxidation sites excluding steroid dienone is 1. The van der Waals surface area contributed by atoms with Crippen LogP contribution in [-0.4, -0.2) is 29.3 Å². The Morgan fingerprint density at radius 3 is 2.27 bits per heavy atom. The van der Waals surface area contributed by atoms with E-state index < -0.39 is 17.6 Å². The van der Waals surface area contributed by atoms with Gasteiger partial charge in [0, 0.05) is 5.92 Å². The number of aliphatic carboxylic acids is 1. The first-order valence-corrected chi connectivity index (χ1v) is 10.3. The van der Waals surface area contributed by atoms with E-state index in [1.165, 1.54) is 6.92 Å². The first-order valence-electron chi connectivity index (χ1n) is 10.3. The van der Waals surface area contributed by atoms with E-state index in [2.05, 4.69) is 29.9 Å². The Balaban J connectivity index is 1.61. The molecule has 3 rings (SSSR count). The normalized spacial score (nSPS) is 14.7. The third-order valence-corrected chi connectivity index (χ3v) is 5.39. The van der Waals surface area contributed by atoms with E-state index in [9.17, 15) is 14.7 Å². The smallest absolute Gasteiger partial charge is 0.421 e. The minimum absolute atomic E-state index is 0.0528. The van der Waals surface area contributed by atoms with Gasteiger partial charge in [0.25, 0.3) is 0 Å². The molecule has 0 radical (unpaired) electrons. The van der Waals surface area contributed by atoms with Crippen LogP contribution in [0.25, 0.3) is 11.1 Å². The van der Waals surface area contributed by atoms with E-state index in [1.54, 1.807) is 6.08 Å². The molecular weight excluding hydrogens is 380 g/mol. The Morgan fingerprint density at radius 1 is 1.10 bits per heavy atom. The molecule has 1 amide bonds. The molecule has 158 valence electrons. The molecule has 1 atom stereocenters. The third-order valence-electron chi connectivity index (χ3n) is 5.39. The molecule has 3 N–H and O–H groups in total. The molecule has 2 aromatic rings. The van der Waals surface area contributed by atoms with Crippen molar-refractivity contribution in [3.05, 3.63) is 71.8 Å². The number of fused-ring (bicyclic) bond motifs is 3. The van der Waals surface area contributed by atoms with Gasteiger partial charge in [-0.15, -0.1) is 0 Å². The zero-order valence-corrected chi connectivity index (χ0v) is 17.4. The van der Waals surface area contributed by atoms with Crippen LogP contribution >= 0.6 is 0 Å². The Bertz CT molecular complexity index is 895. The summed E-state index contributed by atoms with van der Waals surface area (Å²) < 4.78 is 5.43. The second kappa shape index (κ2) is 9.59. The molecule has 0 saturated carbocycles. The molecule has 1 aliphatic rings. The number of hydrogen-bond acceptors (Lipinski definition) is 4. The molecule has 0 bridgehead atoms. The summed E-state index contributed by atoms with van der Waals surface area (Å²) in [6, 6.07) is 16.2. The van der Waals surface area contributed by atoms with Crippen molar-refractivity contribution in [3.8, 4) is 11.1 Å². The van der Waals surface area contributed by atoms with Crippen molar-refractivity contribution in [3.63, 3.8) is 0 Å².